The molecule has 0 atom stereocenters. The summed E-state index contributed by atoms with van der Waals surface area (Å²) < 4.78 is 36.3. The lowest BCUT2D eigenvalue weighted by molar-refractivity contribution is -0.141. The van der Waals surface area contributed by atoms with Crippen LogP contribution in [0.5, 0.6) is 0 Å². The van der Waals surface area contributed by atoms with Crippen molar-refractivity contribution in [3.05, 3.63) is 34.2 Å². The molecular weight excluding hydrogens is 183 g/mol. The predicted octanol–water partition coefficient (Wildman–Crippen LogP) is 1.72. The Kier molecular flexibility index (Phi) is 2.45. The van der Waals surface area contributed by atoms with E-state index in [0.717, 1.165) is 6.07 Å². The van der Waals surface area contributed by atoms with Gasteiger partial charge in [-0.25, -0.2) is 0 Å². The van der Waals surface area contributed by atoms with Crippen LogP contribution in [0, 0.1) is 6.92 Å². The highest BCUT2D eigenvalue weighted by atomic mass is 19.4. The van der Waals surface area contributed by atoms with Gasteiger partial charge in [-0.05, 0) is 12.5 Å². The second kappa shape index (κ2) is 3.24. The molecule has 0 N–H and O–H groups in total. The standard InChI is InChI=1S/C8H8F3NO/c1-6-2-3-7(13)12(4-6)5-8(9,10)11/h2-4H,5H2,1H3. The van der Waals surface area contributed by atoms with Crippen molar-refractivity contribution in [3.8, 4) is 0 Å². The lowest BCUT2D eigenvalue weighted by Crippen LogP contribution is -2.27. The zero-order chi connectivity index (χ0) is 10.1. The maximum absolute atomic E-state index is 11.9. The van der Waals surface area contributed by atoms with Gasteiger partial charge < -0.3 is 4.57 Å². The zero-order valence-electron chi connectivity index (χ0n) is 6.93. The maximum atomic E-state index is 11.9. The Bertz CT molecular complexity index is 353. The van der Waals surface area contributed by atoms with Crippen LogP contribution in [0.25, 0.3) is 0 Å². The molecule has 0 aliphatic carbocycles. The molecule has 0 radical (unpaired) electrons. The quantitative estimate of drug-likeness (QED) is 0.662. The number of hydrogen-bond donors (Lipinski definition) is 0. The molecule has 0 fully saturated rings. The average Bonchev–Trinajstić information content (AvgIpc) is 1.94. The Morgan fingerprint density at radius 3 is 2.54 bits per heavy atom. The minimum Gasteiger partial charge on any atom is -0.306 e. The monoisotopic (exact) mass is 191 g/mol. The number of aryl methyl sites for hydroxylation is 1. The minimum absolute atomic E-state index is 0.629. The summed E-state index contributed by atoms with van der Waals surface area (Å²) in [4.78, 5) is 10.9. The summed E-state index contributed by atoms with van der Waals surface area (Å²) in [5.74, 6) is 0. The van der Waals surface area contributed by atoms with Gasteiger partial charge in [0.1, 0.15) is 6.54 Å². The summed E-state index contributed by atoms with van der Waals surface area (Å²) in [6.45, 7) is 0.403. The van der Waals surface area contributed by atoms with Gasteiger partial charge in [-0.15, -0.1) is 0 Å². The van der Waals surface area contributed by atoms with Crippen molar-refractivity contribution in [2.75, 3.05) is 0 Å². The van der Waals surface area contributed by atoms with Gasteiger partial charge in [-0.2, -0.15) is 13.2 Å². The third-order valence-corrected chi connectivity index (χ3v) is 1.48. The molecule has 1 rings (SSSR count). The Morgan fingerprint density at radius 1 is 1.38 bits per heavy atom. The van der Waals surface area contributed by atoms with E-state index in [-0.39, 0.29) is 0 Å². The zero-order valence-corrected chi connectivity index (χ0v) is 6.93. The molecule has 0 aromatic carbocycles. The first kappa shape index (κ1) is 9.83. The highest BCUT2D eigenvalue weighted by Gasteiger charge is 2.28. The first-order valence-electron chi connectivity index (χ1n) is 3.62. The molecule has 0 saturated carbocycles. The third-order valence-electron chi connectivity index (χ3n) is 1.48. The van der Waals surface area contributed by atoms with Crippen molar-refractivity contribution in [3.63, 3.8) is 0 Å². The van der Waals surface area contributed by atoms with Crippen molar-refractivity contribution in [1.29, 1.82) is 0 Å². The van der Waals surface area contributed by atoms with Crippen LogP contribution in [0.4, 0.5) is 13.2 Å². The topological polar surface area (TPSA) is 22.0 Å². The molecule has 0 bridgehead atoms. The normalized spacial score (nSPS) is 11.7. The largest absolute Gasteiger partial charge is 0.406 e. The van der Waals surface area contributed by atoms with Gasteiger partial charge in [-0.3, -0.25) is 4.79 Å². The molecule has 0 saturated heterocycles. The van der Waals surface area contributed by atoms with Crippen molar-refractivity contribution >= 4 is 0 Å². The van der Waals surface area contributed by atoms with Crippen molar-refractivity contribution in [1.82, 2.24) is 4.57 Å². The highest BCUT2D eigenvalue weighted by Crippen LogP contribution is 2.16. The molecule has 1 heterocycles. The van der Waals surface area contributed by atoms with Crippen LogP contribution in [-0.4, -0.2) is 10.7 Å². The van der Waals surface area contributed by atoms with Crippen LogP contribution < -0.4 is 5.56 Å². The first-order valence-corrected chi connectivity index (χ1v) is 3.62. The molecule has 0 amide bonds. The van der Waals surface area contributed by atoms with E-state index in [1.807, 2.05) is 0 Å². The van der Waals surface area contributed by atoms with Gasteiger partial charge in [0.25, 0.3) is 5.56 Å². The smallest absolute Gasteiger partial charge is 0.306 e. The lowest BCUT2D eigenvalue weighted by atomic mass is 10.3. The van der Waals surface area contributed by atoms with Crippen LogP contribution in [-0.2, 0) is 6.54 Å². The van der Waals surface area contributed by atoms with Crippen molar-refractivity contribution in [2.45, 2.75) is 19.6 Å². The first-order chi connectivity index (χ1) is 5.88. The minimum atomic E-state index is -4.35. The van der Waals surface area contributed by atoms with Crippen molar-refractivity contribution in [2.24, 2.45) is 0 Å². The predicted molar refractivity (Wildman–Crippen MR) is 41.5 cm³/mol. The Hall–Kier alpha value is -1.26. The van der Waals surface area contributed by atoms with Gasteiger partial charge in [0, 0.05) is 12.3 Å². The SMILES string of the molecule is Cc1ccc(=O)n(CC(F)(F)F)c1. The van der Waals surface area contributed by atoms with Crippen molar-refractivity contribution < 1.29 is 13.2 Å². The lowest BCUT2D eigenvalue weighted by Gasteiger charge is -2.09. The van der Waals surface area contributed by atoms with E-state index in [4.69, 9.17) is 0 Å². The van der Waals surface area contributed by atoms with Crippen LogP contribution in [0.15, 0.2) is 23.1 Å². The molecule has 13 heavy (non-hydrogen) atoms. The molecule has 1 aromatic rings. The second-order valence-corrected chi connectivity index (χ2v) is 2.79. The van der Waals surface area contributed by atoms with E-state index >= 15 is 0 Å². The van der Waals surface area contributed by atoms with E-state index in [1.165, 1.54) is 12.3 Å². The molecule has 0 aliphatic heterocycles. The molecule has 72 valence electrons. The van der Waals surface area contributed by atoms with Crippen LogP contribution >= 0.6 is 0 Å². The second-order valence-electron chi connectivity index (χ2n) is 2.79. The van der Waals surface area contributed by atoms with Crippen LogP contribution in [0.2, 0.25) is 0 Å². The molecular formula is C8H8F3NO. The van der Waals surface area contributed by atoms with Gasteiger partial charge in [0.15, 0.2) is 0 Å². The van der Waals surface area contributed by atoms with E-state index in [2.05, 4.69) is 0 Å². The average molecular weight is 191 g/mol. The molecule has 0 spiro atoms. The van der Waals surface area contributed by atoms with Crippen LogP contribution in [0.3, 0.4) is 0 Å². The Balaban J connectivity index is 3.01. The van der Waals surface area contributed by atoms with E-state index < -0.39 is 18.3 Å². The van der Waals surface area contributed by atoms with E-state index in [9.17, 15) is 18.0 Å². The summed E-state index contributed by atoms with van der Waals surface area (Å²) in [6.07, 6.45) is -3.16. The number of alkyl halides is 3. The Labute approximate surface area is 72.6 Å². The number of pyridine rings is 1. The fourth-order valence-electron chi connectivity index (χ4n) is 0.968. The number of nitrogens with zero attached hydrogens (tertiary/aromatic N) is 1. The summed E-state index contributed by atoms with van der Waals surface area (Å²) in [5.41, 5.74) is -0.00762. The molecule has 2 nitrogen and oxygen atoms in total. The van der Waals surface area contributed by atoms with Gasteiger partial charge in [0.05, 0.1) is 0 Å². The number of hydrogen-bond acceptors (Lipinski definition) is 1. The highest BCUT2D eigenvalue weighted by molar-refractivity contribution is 5.07. The summed E-state index contributed by atoms with van der Waals surface area (Å²) in [7, 11) is 0. The summed E-state index contributed by atoms with van der Waals surface area (Å²) in [6, 6.07) is 2.61. The van der Waals surface area contributed by atoms with Gasteiger partial charge in [0.2, 0.25) is 0 Å². The Morgan fingerprint density at radius 2 is 2.00 bits per heavy atom. The molecule has 5 heteroatoms. The van der Waals surface area contributed by atoms with E-state index in [1.54, 1.807) is 6.92 Å². The third kappa shape index (κ3) is 2.93. The summed E-state index contributed by atoms with van der Waals surface area (Å²) >= 11 is 0. The molecule has 1 aromatic heterocycles. The van der Waals surface area contributed by atoms with Gasteiger partial charge in [-0.1, -0.05) is 6.07 Å². The summed E-state index contributed by atoms with van der Waals surface area (Å²) in [5, 5.41) is 0. The van der Waals surface area contributed by atoms with Gasteiger partial charge >= 0.3 is 6.18 Å². The molecule has 0 aliphatic rings. The number of rotatable bonds is 1. The maximum Gasteiger partial charge on any atom is 0.406 e. The number of halogens is 3. The number of aromatic nitrogens is 1. The van der Waals surface area contributed by atoms with E-state index in [0.29, 0.717) is 10.1 Å². The van der Waals surface area contributed by atoms with Crippen LogP contribution in [0.1, 0.15) is 5.56 Å². The fourth-order valence-corrected chi connectivity index (χ4v) is 0.968. The fraction of sp³-hybridized carbons (Fsp3) is 0.375. The molecule has 0 unspecified atom stereocenters.